The fraction of sp³-hybridized carbons (Fsp3) is 0.417. The quantitative estimate of drug-likeness (QED) is 0.494. The first kappa shape index (κ1) is 13.4. The number of hydrogen-bond acceptors (Lipinski definition) is 6. The predicted octanol–water partition coefficient (Wildman–Crippen LogP) is 1.58. The highest BCUT2D eigenvalue weighted by atomic mass is 16.7. The highest BCUT2D eigenvalue weighted by Gasteiger charge is 2.19. The van der Waals surface area contributed by atoms with Gasteiger partial charge in [-0.3, -0.25) is 14.9 Å². The molecule has 1 N–H and O–H groups in total. The van der Waals surface area contributed by atoms with Gasteiger partial charge in [0.25, 0.3) is 5.69 Å². The lowest BCUT2D eigenvalue weighted by molar-refractivity contribution is -0.384. The van der Waals surface area contributed by atoms with Crippen LogP contribution in [0.2, 0.25) is 0 Å². The molecule has 1 fully saturated rings. The lowest BCUT2D eigenvalue weighted by Crippen LogP contribution is -2.21. The molecule has 1 aromatic rings. The van der Waals surface area contributed by atoms with Crippen LogP contribution in [0.1, 0.15) is 17.3 Å². The maximum absolute atomic E-state index is 11.2. The second-order valence-electron chi connectivity index (χ2n) is 4.20. The molecular formula is C12H14N2O5. The predicted molar refractivity (Wildman–Crippen MR) is 67.3 cm³/mol. The standard InChI is InChI=1S/C12H14N2O5/c1-8(15)9-2-3-11(12(4-9)14(16)17)13-5-10-6-18-7-19-10/h2-4,10,13H,5-7H2,1H3. The topological polar surface area (TPSA) is 90.7 Å². The average molecular weight is 266 g/mol. The Morgan fingerprint density at radius 1 is 1.58 bits per heavy atom. The van der Waals surface area contributed by atoms with Crippen molar-refractivity contribution in [2.45, 2.75) is 13.0 Å². The number of rotatable bonds is 5. The number of nitro benzene ring substituents is 1. The molecule has 1 saturated heterocycles. The molecule has 1 aliphatic heterocycles. The summed E-state index contributed by atoms with van der Waals surface area (Å²) in [5.74, 6) is -0.206. The molecule has 0 saturated carbocycles. The van der Waals surface area contributed by atoms with Gasteiger partial charge < -0.3 is 14.8 Å². The van der Waals surface area contributed by atoms with Gasteiger partial charge in [-0.2, -0.15) is 0 Å². The number of anilines is 1. The minimum atomic E-state index is -0.513. The van der Waals surface area contributed by atoms with Crippen molar-refractivity contribution in [1.29, 1.82) is 0 Å². The van der Waals surface area contributed by atoms with Crippen LogP contribution < -0.4 is 5.32 Å². The number of nitrogens with zero attached hydrogens (tertiary/aromatic N) is 1. The first-order valence-corrected chi connectivity index (χ1v) is 5.80. The maximum atomic E-state index is 11.2. The second-order valence-corrected chi connectivity index (χ2v) is 4.20. The summed E-state index contributed by atoms with van der Waals surface area (Å²) in [5.41, 5.74) is 0.565. The van der Waals surface area contributed by atoms with Gasteiger partial charge in [-0.05, 0) is 19.1 Å². The Kier molecular flexibility index (Phi) is 4.08. The number of carbonyl (C=O) groups excluding carboxylic acids is 1. The van der Waals surface area contributed by atoms with E-state index in [-0.39, 0.29) is 24.4 Å². The monoisotopic (exact) mass is 266 g/mol. The van der Waals surface area contributed by atoms with Crippen molar-refractivity contribution < 1.29 is 19.2 Å². The van der Waals surface area contributed by atoms with Crippen LogP contribution in [0.15, 0.2) is 18.2 Å². The van der Waals surface area contributed by atoms with Gasteiger partial charge in [-0.25, -0.2) is 0 Å². The fourth-order valence-corrected chi connectivity index (χ4v) is 1.76. The number of ether oxygens (including phenoxy) is 2. The summed E-state index contributed by atoms with van der Waals surface area (Å²) in [6.07, 6.45) is -0.118. The van der Waals surface area contributed by atoms with E-state index in [1.54, 1.807) is 6.07 Å². The van der Waals surface area contributed by atoms with Crippen molar-refractivity contribution in [1.82, 2.24) is 0 Å². The smallest absolute Gasteiger partial charge is 0.293 e. The van der Waals surface area contributed by atoms with Crippen molar-refractivity contribution in [3.8, 4) is 0 Å². The Morgan fingerprint density at radius 2 is 2.37 bits per heavy atom. The molecule has 19 heavy (non-hydrogen) atoms. The van der Waals surface area contributed by atoms with Crippen LogP contribution in [0.25, 0.3) is 0 Å². The first-order valence-electron chi connectivity index (χ1n) is 5.80. The molecule has 1 heterocycles. The van der Waals surface area contributed by atoms with E-state index < -0.39 is 4.92 Å². The summed E-state index contributed by atoms with van der Waals surface area (Å²) in [6.45, 7) is 2.50. The fourth-order valence-electron chi connectivity index (χ4n) is 1.76. The van der Waals surface area contributed by atoms with E-state index in [1.165, 1.54) is 19.1 Å². The van der Waals surface area contributed by atoms with Gasteiger partial charge in [0, 0.05) is 18.2 Å². The Hall–Kier alpha value is -1.99. The van der Waals surface area contributed by atoms with Gasteiger partial charge >= 0.3 is 0 Å². The molecule has 7 heteroatoms. The second kappa shape index (κ2) is 5.77. The molecule has 0 amide bonds. The SMILES string of the molecule is CC(=O)c1ccc(NCC2COCO2)c([N+](=O)[O-])c1. The third-order valence-corrected chi connectivity index (χ3v) is 2.81. The van der Waals surface area contributed by atoms with E-state index in [1.807, 2.05) is 0 Å². The van der Waals surface area contributed by atoms with Crippen molar-refractivity contribution in [2.24, 2.45) is 0 Å². The van der Waals surface area contributed by atoms with Crippen LogP contribution >= 0.6 is 0 Å². The lowest BCUT2D eigenvalue weighted by atomic mass is 10.1. The number of nitrogens with one attached hydrogen (secondary N) is 1. The zero-order valence-corrected chi connectivity index (χ0v) is 10.4. The molecule has 2 rings (SSSR count). The van der Waals surface area contributed by atoms with Crippen LogP contribution in [-0.4, -0.2) is 36.8 Å². The summed E-state index contributed by atoms with van der Waals surface area (Å²) in [4.78, 5) is 21.7. The van der Waals surface area contributed by atoms with Crippen molar-refractivity contribution >= 4 is 17.2 Å². The van der Waals surface area contributed by atoms with Gasteiger partial charge in [-0.15, -0.1) is 0 Å². The van der Waals surface area contributed by atoms with Crippen molar-refractivity contribution in [2.75, 3.05) is 25.3 Å². The third kappa shape index (κ3) is 3.27. The molecule has 1 aromatic carbocycles. The van der Waals surface area contributed by atoms with Crippen molar-refractivity contribution in [3.05, 3.63) is 33.9 Å². The normalized spacial score (nSPS) is 18.3. The van der Waals surface area contributed by atoms with E-state index in [4.69, 9.17) is 9.47 Å². The minimum absolute atomic E-state index is 0.118. The van der Waals surface area contributed by atoms with E-state index in [9.17, 15) is 14.9 Å². The number of hydrogen-bond donors (Lipinski definition) is 1. The zero-order chi connectivity index (χ0) is 13.8. The Balaban J connectivity index is 2.14. The first-order chi connectivity index (χ1) is 9.08. The molecule has 1 unspecified atom stereocenters. The number of nitro groups is 1. The number of benzene rings is 1. The van der Waals surface area contributed by atoms with Gasteiger partial charge in [0.2, 0.25) is 0 Å². The Bertz CT molecular complexity index is 497. The minimum Gasteiger partial charge on any atom is -0.377 e. The molecule has 1 aliphatic rings. The summed E-state index contributed by atoms with van der Waals surface area (Å²) >= 11 is 0. The molecule has 0 bridgehead atoms. The molecule has 0 aliphatic carbocycles. The van der Waals surface area contributed by atoms with Gasteiger partial charge in [-0.1, -0.05) is 0 Å². The van der Waals surface area contributed by atoms with Gasteiger partial charge in [0.05, 0.1) is 11.5 Å². The molecule has 102 valence electrons. The summed E-state index contributed by atoms with van der Waals surface area (Å²) in [7, 11) is 0. The van der Waals surface area contributed by atoms with Crippen molar-refractivity contribution in [3.63, 3.8) is 0 Å². The van der Waals surface area contributed by atoms with Gasteiger partial charge in [0.1, 0.15) is 18.6 Å². The van der Waals surface area contributed by atoms with Crippen LogP contribution in [-0.2, 0) is 9.47 Å². The molecule has 0 radical (unpaired) electrons. The highest BCUT2D eigenvalue weighted by molar-refractivity contribution is 5.95. The average Bonchev–Trinajstić information content (AvgIpc) is 2.89. The van der Waals surface area contributed by atoms with Gasteiger partial charge in [0.15, 0.2) is 5.78 Å². The van der Waals surface area contributed by atoms with E-state index in [0.717, 1.165) is 0 Å². The lowest BCUT2D eigenvalue weighted by Gasteiger charge is -2.11. The molecular weight excluding hydrogens is 252 g/mol. The number of Topliss-reactive ketones (excluding diaryl/α,β-unsaturated/α-hetero) is 1. The summed E-state index contributed by atoms with van der Waals surface area (Å²) < 4.78 is 10.3. The van der Waals surface area contributed by atoms with E-state index >= 15 is 0 Å². The van der Waals surface area contributed by atoms with E-state index in [2.05, 4.69) is 5.32 Å². The van der Waals surface area contributed by atoms with Crippen LogP contribution in [0.3, 0.4) is 0 Å². The summed E-state index contributed by atoms with van der Waals surface area (Å²) in [5, 5.41) is 13.9. The van der Waals surface area contributed by atoms with E-state index in [0.29, 0.717) is 24.4 Å². The van der Waals surface area contributed by atoms with Crippen LogP contribution in [0.5, 0.6) is 0 Å². The number of ketones is 1. The Labute approximate surface area is 109 Å². The molecule has 0 aromatic heterocycles. The Morgan fingerprint density at radius 3 is 2.95 bits per heavy atom. The highest BCUT2D eigenvalue weighted by Crippen LogP contribution is 2.26. The summed E-state index contributed by atoms with van der Waals surface area (Å²) in [6, 6.07) is 4.37. The largest absolute Gasteiger partial charge is 0.377 e. The van der Waals surface area contributed by atoms with Crippen LogP contribution in [0.4, 0.5) is 11.4 Å². The number of carbonyl (C=O) groups is 1. The molecule has 7 nitrogen and oxygen atoms in total. The zero-order valence-electron chi connectivity index (χ0n) is 10.4. The molecule has 0 spiro atoms. The third-order valence-electron chi connectivity index (χ3n) is 2.81. The van der Waals surface area contributed by atoms with Crippen LogP contribution in [0, 0.1) is 10.1 Å². The maximum Gasteiger partial charge on any atom is 0.293 e. The molecule has 1 atom stereocenters.